The lowest BCUT2D eigenvalue weighted by Crippen LogP contribution is -2.29. The molecule has 0 radical (unpaired) electrons. The third-order valence-electron chi connectivity index (χ3n) is 4.79. The van der Waals surface area contributed by atoms with Gasteiger partial charge in [0.2, 0.25) is 0 Å². The quantitative estimate of drug-likeness (QED) is 0.266. The van der Waals surface area contributed by atoms with E-state index in [1.165, 1.54) is 23.9 Å². The standard InChI is InChI=1S/C24H19N3O4S/c1-16-8-3-5-11-19(16)25-24-26(20-12-6-4-9-17(20)2)23(28)21(32-24)13-7-10-18-14-15-22(31-18)27(29)30/h3-15H,1-2H3. The van der Waals surface area contributed by atoms with Gasteiger partial charge in [0.25, 0.3) is 5.91 Å². The molecule has 1 aliphatic rings. The van der Waals surface area contributed by atoms with Gasteiger partial charge < -0.3 is 4.42 Å². The lowest BCUT2D eigenvalue weighted by atomic mass is 10.2. The Morgan fingerprint density at radius 3 is 2.44 bits per heavy atom. The second-order valence-corrected chi connectivity index (χ2v) is 8.04. The zero-order chi connectivity index (χ0) is 22.7. The molecule has 0 N–H and O–H groups in total. The highest BCUT2D eigenvalue weighted by molar-refractivity contribution is 8.19. The molecule has 7 nitrogen and oxygen atoms in total. The molecule has 1 saturated heterocycles. The predicted octanol–water partition coefficient (Wildman–Crippen LogP) is 6.17. The largest absolute Gasteiger partial charge is 0.433 e. The summed E-state index contributed by atoms with van der Waals surface area (Å²) in [5.74, 6) is -0.192. The number of aryl methyl sites for hydroxylation is 2. The van der Waals surface area contributed by atoms with Gasteiger partial charge in [-0.3, -0.25) is 19.8 Å². The summed E-state index contributed by atoms with van der Waals surface area (Å²) in [5.41, 5.74) is 3.53. The van der Waals surface area contributed by atoms with Crippen molar-refractivity contribution in [2.75, 3.05) is 4.90 Å². The predicted molar refractivity (Wildman–Crippen MR) is 127 cm³/mol. The first kappa shape index (κ1) is 21.3. The average Bonchev–Trinajstić information content (AvgIpc) is 3.36. The third-order valence-corrected chi connectivity index (χ3v) is 5.78. The molecule has 0 atom stereocenters. The SMILES string of the molecule is Cc1ccccc1N=C1SC(=CC=Cc2ccc([N+](=O)[O-])o2)C(=O)N1c1ccccc1C. The van der Waals surface area contributed by atoms with E-state index in [9.17, 15) is 14.9 Å². The highest BCUT2D eigenvalue weighted by Gasteiger charge is 2.35. The zero-order valence-electron chi connectivity index (χ0n) is 17.4. The number of amides is 1. The number of rotatable bonds is 5. The van der Waals surface area contributed by atoms with E-state index in [4.69, 9.17) is 9.41 Å². The number of anilines is 1. The summed E-state index contributed by atoms with van der Waals surface area (Å²) in [6, 6.07) is 18.2. The van der Waals surface area contributed by atoms with Gasteiger partial charge in [-0.05, 0) is 67.1 Å². The fourth-order valence-electron chi connectivity index (χ4n) is 3.14. The van der Waals surface area contributed by atoms with Crippen molar-refractivity contribution in [1.82, 2.24) is 0 Å². The van der Waals surface area contributed by atoms with Crippen LogP contribution in [0.5, 0.6) is 0 Å². The van der Waals surface area contributed by atoms with Crippen molar-refractivity contribution >= 4 is 46.2 Å². The van der Waals surface area contributed by atoms with Gasteiger partial charge in [-0.25, -0.2) is 4.99 Å². The summed E-state index contributed by atoms with van der Waals surface area (Å²) in [5, 5.41) is 11.3. The van der Waals surface area contributed by atoms with Crippen LogP contribution in [-0.2, 0) is 4.79 Å². The summed E-state index contributed by atoms with van der Waals surface area (Å²) in [4.78, 5) is 30.3. The van der Waals surface area contributed by atoms with Gasteiger partial charge in [-0.2, -0.15) is 0 Å². The minimum absolute atomic E-state index is 0.188. The summed E-state index contributed by atoms with van der Waals surface area (Å²) < 4.78 is 5.12. The Morgan fingerprint density at radius 2 is 1.75 bits per heavy atom. The number of carbonyl (C=O) groups excluding carboxylic acids is 1. The number of aliphatic imine (C=N–C) groups is 1. The number of para-hydroxylation sites is 2. The first-order chi connectivity index (χ1) is 15.4. The second kappa shape index (κ2) is 9.07. The van der Waals surface area contributed by atoms with E-state index in [0.29, 0.717) is 15.8 Å². The van der Waals surface area contributed by atoms with Crippen LogP contribution in [-0.4, -0.2) is 16.0 Å². The normalized spacial score (nSPS) is 16.6. The lowest BCUT2D eigenvalue weighted by Gasteiger charge is -2.18. The maximum Gasteiger partial charge on any atom is 0.433 e. The Hall–Kier alpha value is -3.91. The van der Waals surface area contributed by atoms with Crippen molar-refractivity contribution in [3.05, 3.63) is 105 Å². The van der Waals surface area contributed by atoms with Gasteiger partial charge in [0, 0.05) is 0 Å². The molecule has 8 heteroatoms. The highest BCUT2D eigenvalue weighted by atomic mass is 32.2. The highest BCUT2D eigenvalue weighted by Crippen LogP contribution is 2.38. The zero-order valence-corrected chi connectivity index (χ0v) is 18.2. The molecule has 1 aliphatic heterocycles. The van der Waals surface area contributed by atoms with Crippen LogP contribution < -0.4 is 4.90 Å². The number of hydrogen-bond acceptors (Lipinski definition) is 6. The molecular formula is C24H19N3O4S. The molecular weight excluding hydrogens is 426 g/mol. The van der Waals surface area contributed by atoms with Gasteiger partial charge in [-0.15, -0.1) is 0 Å². The molecule has 3 aromatic rings. The van der Waals surface area contributed by atoms with Crippen LogP contribution >= 0.6 is 11.8 Å². The first-order valence-corrected chi connectivity index (χ1v) is 10.6. The Kier molecular flexibility index (Phi) is 6.04. The van der Waals surface area contributed by atoms with Gasteiger partial charge in [0.05, 0.1) is 22.3 Å². The molecule has 4 rings (SSSR count). The second-order valence-electron chi connectivity index (χ2n) is 7.03. The number of benzene rings is 2. The molecule has 1 amide bonds. The first-order valence-electron chi connectivity index (χ1n) is 9.79. The molecule has 0 bridgehead atoms. The van der Waals surface area contributed by atoms with Gasteiger partial charge in [0.15, 0.2) is 5.17 Å². The Bertz CT molecular complexity index is 1290. The molecule has 0 aliphatic carbocycles. The van der Waals surface area contributed by atoms with Crippen LogP contribution in [0.25, 0.3) is 6.08 Å². The van der Waals surface area contributed by atoms with Crippen LogP contribution in [0.1, 0.15) is 16.9 Å². The third kappa shape index (κ3) is 4.40. The van der Waals surface area contributed by atoms with Gasteiger partial charge >= 0.3 is 5.88 Å². The maximum absolute atomic E-state index is 13.3. The van der Waals surface area contributed by atoms with Crippen LogP contribution in [0.4, 0.5) is 17.3 Å². The van der Waals surface area contributed by atoms with Crippen molar-refractivity contribution in [3.8, 4) is 0 Å². The minimum atomic E-state index is -0.597. The summed E-state index contributed by atoms with van der Waals surface area (Å²) >= 11 is 1.28. The summed E-state index contributed by atoms with van der Waals surface area (Å²) in [6.07, 6.45) is 4.87. The summed E-state index contributed by atoms with van der Waals surface area (Å²) in [7, 11) is 0. The van der Waals surface area contributed by atoms with Crippen LogP contribution in [0.15, 0.2) is 87.1 Å². The number of thioether (sulfide) groups is 1. The van der Waals surface area contributed by atoms with Crippen LogP contribution in [0.3, 0.4) is 0 Å². The molecule has 32 heavy (non-hydrogen) atoms. The number of allylic oxidation sites excluding steroid dienone is 2. The van der Waals surface area contributed by atoms with E-state index in [1.54, 1.807) is 23.1 Å². The smallest absolute Gasteiger partial charge is 0.401 e. The Labute approximate surface area is 188 Å². The van der Waals surface area contributed by atoms with E-state index in [1.807, 2.05) is 62.4 Å². The van der Waals surface area contributed by atoms with E-state index < -0.39 is 4.92 Å². The van der Waals surface area contributed by atoms with Crippen LogP contribution in [0, 0.1) is 24.0 Å². The Morgan fingerprint density at radius 1 is 1.03 bits per heavy atom. The maximum atomic E-state index is 13.3. The number of hydrogen-bond donors (Lipinski definition) is 0. The molecule has 1 fully saturated rings. The number of nitro groups is 1. The molecule has 0 unspecified atom stereocenters. The minimum Gasteiger partial charge on any atom is -0.401 e. The number of nitrogens with zero attached hydrogens (tertiary/aromatic N) is 3. The number of furan rings is 1. The van der Waals surface area contributed by atoms with Crippen molar-refractivity contribution in [1.29, 1.82) is 0 Å². The average molecular weight is 446 g/mol. The number of carbonyl (C=O) groups is 1. The summed E-state index contributed by atoms with van der Waals surface area (Å²) in [6.45, 7) is 3.92. The molecule has 0 spiro atoms. The van der Waals surface area contributed by atoms with Crippen LogP contribution in [0.2, 0.25) is 0 Å². The van der Waals surface area contributed by atoms with Gasteiger partial charge in [-0.1, -0.05) is 42.5 Å². The van der Waals surface area contributed by atoms with Crippen molar-refractivity contribution in [3.63, 3.8) is 0 Å². The topological polar surface area (TPSA) is 89.0 Å². The number of amidine groups is 1. The van der Waals surface area contributed by atoms with E-state index in [2.05, 4.69) is 0 Å². The fraction of sp³-hybridized carbons (Fsp3) is 0.0833. The fourth-order valence-corrected chi connectivity index (χ4v) is 4.08. The molecule has 0 saturated carbocycles. The van der Waals surface area contributed by atoms with Crippen molar-refractivity contribution in [2.45, 2.75) is 13.8 Å². The van der Waals surface area contributed by atoms with E-state index >= 15 is 0 Å². The molecule has 1 aromatic heterocycles. The Balaban J connectivity index is 1.69. The molecule has 2 aromatic carbocycles. The molecule has 2 heterocycles. The van der Waals surface area contributed by atoms with E-state index in [0.717, 1.165) is 22.5 Å². The van der Waals surface area contributed by atoms with Crippen molar-refractivity contribution < 1.29 is 14.1 Å². The van der Waals surface area contributed by atoms with Gasteiger partial charge in [0.1, 0.15) is 10.7 Å². The van der Waals surface area contributed by atoms with E-state index in [-0.39, 0.29) is 11.8 Å². The van der Waals surface area contributed by atoms with Crippen molar-refractivity contribution in [2.24, 2.45) is 4.99 Å². The molecule has 160 valence electrons. The lowest BCUT2D eigenvalue weighted by molar-refractivity contribution is -0.402. The monoisotopic (exact) mass is 445 g/mol.